The quantitative estimate of drug-likeness (QED) is 0.578. The minimum absolute atomic E-state index is 0.0530. The summed E-state index contributed by atoms with van der Waals surface area (Å²) in [6.45, 7) is 1.12. The van der Waals surface area contributed by atoms with Gasteiger partial charge in [0.15, 0.2) is 11.5 Å². The highest BCUT2D eigenvalue weighted by atomic mass is 16.6. The van der Waals surface area contributed by atoms with Crippen LogP contribution in [0.1, 0.15) is 5.56 Å². The Hall–Kier alpha value is -3.80. The van der Waals surface area contributed by atoms with Gasteiger partial charge < -0.3 is 19.2 Å². The molecule has 0 unspecified atom stereocenters. The van der Waals surface area contributed by atoms with Crippen molar-refractivity contribution in [2.45, 2.75) is 6.42 Å². The van der Waals surface area contributed by atoms with Crippen LogP contribution < -0.4 is 14.8 Å². The molecule has 1 aliphatic rings. The Morgan fingerprint density at radius 2 is 1.79 bits per heavy atom. The maximum absolute atomic E-state index is 12.3. The van der Waals surface area contributed by atoms with E-state index in [0.717, 1.165) is 39.7 Å². The third-order valence-electron chi connectivity index (χ3n) is 4.78. The molecule has 1 aliphatic heterocycles. The molecule has 0 atom stereocenters. The van der Waals surface area contributed by atoms with Crippen molar-refractivity contribution >= 4 is 17.2 Å². The maximum atomic E-state index is 12.3. The van der Waals surface area contributed by atoms with Crippen molar-refractivity contribution in [3.8, 4) is 22.8 Å². The molecule has 0 saturated heterocycles. The lowest BCUT2D eigenvalue weighted by Crippen LogP contribution is -2.15. The Labute approximate surface area is 167 Å². The molecule has 0 radical (unpaired) electrons. The number of hydrogen-bond acceptors (Lipinski definition) is 4. The maximum Gasteiger partial charge on any atom is 0.228 e. The Balaban J connectivity index is 1.37. The van der Waals surface area contributed by atoms with Crippen molar-refractivity contribution in [1.82, 2.24) is 9.38 Å². The number of aromatic nitrogens is 2. The van der Waals surface area contributed by atoms with Gasteiger partial charge >= 0.3 is 0 Å². The average Bonchev–Trinajstić information content (AvgIpc) is 3.17. The summed E-state index contributed by atoms with van der Waals surface area (Å²) in [4.78, 5) is 17.0. The van der Waals surface area contributed by atoms with Gasteiger partial charge in [-0.25, -0.2) is 4.98 Å². The minimum atomic E-state index is -0.0530. The number of amides is 1. The molecule has 0 spiro atoms. The van der Waals surface area contributed by atoms with E-state index in [9.17, 15) is 4.79 Å². The highest BCUT2D eigenvalue weighted by Gasteiger charge is 2.14. The van der Waals surface area contributed by atoms with Crippen LogP contribution in [-0.2, 0) is 11.2 Å². The molecular formula is C23H19N3O3. The van der Waals surface area contributed by atoms with Crippen molar-refractivity contribution in [3.63, 3.8) is 0 Å². The third kappa shape index (κ3) is 3.65. The second-order valence-corrected chi connectivity index (χ2v) is 6.88. The highest BCUT2D eigenvalue weighted by Crippen LogP contribution is 2.34. The monoisotopic (exact) mass is 385 g/mol. The Bertz CT molecular complexity index is 1180. The molecule has 2 aromatic heterocycles. The number of nitrogens with zero attached hydrogens (tertiary/aromatic N) is 2. The Kier molecular flexibility index (Phi) is 4.37. The predicted octanol–water partition coefficient (Wildman–Crippen LogP) is 3.95. The number of carbonyl (C=O) groups is 1. The summed E-state index contributed by atoms with van der Waals surface area (Å²) in [6, 6.07) is 19.3. The number of hydrogen-bond donors (Lipinski definition) is 1. The minimum Gasteiger partial charge on any atom is -0.486 e. The number of anilines is 1. The zero-order valence-corrected chi connectivity index (χ0v) is 15.7. The lowest BCUT2D eigenvalue weighted by Gasteiger charge is -2.18. The lowest BCUT2D eigenvalue weighted by molar-refractivity contribution is -0.115. The fourth-order valence-electron chi connectivity index (χ4n) is 3.39. The molecule has 2 aromatic carbocycles. The van der Waals surface area contributed by atoms with Crippen LogP contribution in [0.4, 0.5) is 5.69 Å². The number of imidazole rings is 1. The van der Waals surface area contributed by atoms with Crippen molar-refractivity contribution < 1.29 is 14.3 Å². The van der Waals surface area contributed by atoms with Gasteiger partial charge in [0.25, 0.3) is 0 Å². The molecule has 6 nitrogen and oxygen atoms in total. The van der Waals surface area contributed by atoms with Crippen LogP contribution in [0.5, 0.6) is 11.5 Å². The standard InChI is InChI=1S/C23H19N3O3/c27-23(12-16-4-2-1-3-5-16)24-18-7-9-22-25-19(15-26(22)14-18)17-6-8-20-21(13-17)29-11-10-28-20/h1-9,13-15H,10-12H2,(H,24,27). The first kappa shape index (κ1) is 17.3. The number of rotatable bonds is 4. The SMILES string of the molecule is O=C(Cc1ccccc1)Nc1ccc2nc(-c3ccc4c(c3)OCCO4)cn2c1. The number of pyridine rings is 1. The summed E-state index contributed by atoms with van der Waals surface area (Å²) in [6.07, 6.45) is 4.14. The van der Waals surface area contributed by atoms with E-state index in [1.54, 1.807) is 0 Å². The second-order valence-electron chi connectivity index (χ2n) is 6.88. The van der Waals surface area contributed by atoms with Crippen molar-refractivity contribution in [2.75, 3.05) is 18.5 Å². The fourth-order valence-corrected chi connectivity index (χ4v) is 3.39. The molecule has 0 bridgehead atoms. The summed E-state index contributed by atoms with van der Waals surface area (Å²) in [5.41, 5.74) is 4.29. The third-order valence-corrected chi connectivity index (χ3v) is 4.78. The van der Waals surface area contributed by atoms with Crippen LogP contribution in [0.15, 0.2) is 73.1 Å². The molecule has 5 rings (SSSR count). The molecule has 0 fully saturated rings. The van der Waals surface area contributed by atoms with Gasteiger partial charge in [-0.3, -0.25) is 4.79 Å². The molecule has 1 N–H and O–H groups in total. The van der Waals surface area contributed by atoms with Gasteiger partial charge in [0, 0.05) is 18.0 Å². The average molecular weight is 385 g/mol. The van der Waals surface area contributed by atoms with E-state index in [4.69, 9.17) is 9.47 Å². The van der Waals surface area contributed by atoms with Crippen LogP contribution in [-0.4, -0.2) is 28.5 Å². The number of ether oxygens (including phenoxy) is 2. The van der Waals surface area contributed by atoms with Crippen molar-refractivity contribution in [1.29, 1.82) is 0 Å². The van der Waals surface area contributed by atoms with Crippen LogP contribution in [0, 0.1) is 0 Å². The van der Waals surface area contributed by atoms with Gasteiger partial charge in [-0.15, -0.1) is 0 Å². The van der Waals surface area contributed by atoms with E-state index >= 15 is 0 Å². The van der Waals surface area contributed by atoms with Gasteiger partial charge in [0.1, 0.15) is 18.9 Å². The fraction of sp³-hybridized carbons (Fsp3) is 0.130. The summed E-state index contributed by atoms with van der Waals surface area (Å²) >= 11 is 0. The molecule has 1 amide bonds. The first-order chi connectivity index (χ1) is 14.2. The molecule has 144 valence electrons. The lowest BCUT2D eigenvalue weighted by atomic mass is 10.1. The molecule has 29 heavy (non-hydrogen) atoms. The van der Waals surface area contributed by atoms with Crippen LogP contribution >= 0.6 is 0 Å². The Morgan fingerprint density at radius 1 is 0.966 bits per heavy atom. The van der Waals surface area contributed by atoms with Crippen molar-refractivity contribution in [2.24, 2.45) is 0 Å². The molecule has 4 aromatic rings. The smallest absolute Gasteiger partial charge is 0.228 e. The van der Waals surface area contributed by atoms with E-state index < -0.39 is 0 Å². The number of carbonyl (C=O) groups excluding carboxylic acids is 1. The topological polar surface area (TPSA) is 64.9 Å². The summed E-state index contributed by atoms with van der Waals surface area (Å²) in [5, 5.41) is 2.95. The highest BCUT2D eigenvalue weighted by molar-refractivity contribution is 5.92. The summed E-state index contributed by atoms with van der Waals surface area (Å²) in [5.74, 6) is 1.44. The van der Waals surface area contributed by atoms with Crippen LogP contribution in [0.2, 0.25) is 0 Å². The molecule has 0 saturated carbocycles. The van der Waals surface area contributed by atoms with E-state index in [1.807, 2.05) is 77.5 Å². The van der Waals surface area contributed by atoms with Crippen molar-refractivity contribution in [3.05, 3.63) is 78.6 Å². The molecule has 0 aliphatic carbocycles. The largest absolute Gasteiger partial charge is 0.486 e. The van der Waals surface area contributed by atoms with Crippen LogP contribution in [0.25, 0.3) is 16.9 Å². The van der Waals surface area contributed by atoms with E-state index in [1.165, 1.54) is 0 Å². The molecule has 3 heterocycles. The first-order valence-corrected chi connectivity index (χ1v) is 9.47. The zero-order chi connectivity index (χ0) is 19.6. The molecular weight excluding hydrogens is 366 g/mol. The number of fused-ring (bicyclic) bond motifs is 2. The summed E-state index contributed by atoms with van der Waals surface area (Å²) in [7, 11) is 0. The first-order valence-electron chi connectivity index (χ1n) is 9.47. The van der Waals surface area contributed by atoms with E-state index in [2.05, 4.69) is 10.3 Å². The Morgan fingerprint density at radius 3 is 2.66 bits per heavy atom. The van der Waals surface area contributed by atoms with Gasteiger partial charge in [0.2, 0.25) is 5.91 Å². The zero-order valence-electron chi connectivity index (χ0n) is 15.7. The number of nitrogens with one attached hydrogen (secondary N) is 1. The second kappa shape index (κ2) is 7.31. The van der Waals surface area contributed by atoms with Gasteiger partial charge in [-0.05, 0) is 35.9 Å². The van der Waals surface area contributed by atoms with E-state index in [-0.39, 0.29) is 5.91 Å². The van der Waals surface area contributed by atoms with Gasteiger partial charge in [-0.1, -0.05) is 30.3 Å². The van der Waals surface area contributed by atoms with Gasteiger partial charge in [-0.2, -0.15) is 0 Å². The summed E-state index contributed by atoms with van der Waals surface area (Å²) < 4.78 is 13.1. The number of benzene rings is 2. The predicted molar refractivity (Wildman–Crippen MR) is 110 cm³/mol. The normalized spacial score (nSPS) is 12.7. The van der Waals surface area contributed by atoms with Gasteiger partial charge in [0.05, 0.1) is 17.8 Å². The van der Waals surface area contributed by atoms with E-state index in [0.29, 0.717) is 19.6 Å². The van der Waals surface area contributed by atoms with Crippen LogP contribution in [0.3, 0.4) is 0 Å². The molecule has 6 heteroatoms.